The van der Waals surface area contributed by atoms with Crippen molar-refractivity contribution in [2.45, 2.75) is 6.42 Å². The van der Waals surface area contributed by atoms with Crippen molar-refractivity contribution in [3.63, 3.8) is 0 Å². The van der Waals surface area contributed by atoms with Gasteiger partial charge in [0.15, 0.2) is 0 Å². The number of hydrogen-bond donors (Lipinski definition) is 1. The average molecular weight is 312 g/mol. The molecule has 0 spiro atoms. The Bertz CT molecular complexity index is 802. The van der Waals surface area contributed by atoms with Crippen LogP contribution < -0.4 is 4.74 Å². The third-order valence-electron chi connectivity index (χ3n) is 3.46. The Kier molecular flexibility index (Phi) is 3.27. The van der Waals surface area contributed by atoms with Crippen LogP contribution in [0.4, 0.5) is 17.6 Å². The zero-order valence-corrected chi connectivity index (χ0v) is 10.9. The SMILES string of the molecule is O=C(O)c1ccc(F)c(-c2c(F)cc3c(c2F)CCO3)c1F. The highest BCUT2D eigenvalue weighted by atomic mass is 19.1. The van der Waals surface area contributed by atoms with E-state index in [9.17, 15) is 22.4 Å². The van der Waals surface area contributed by atoms with Crippen LogP contribution in [-0.4, -0.2) is 17.7 Å². The van der Waals surface area contributed by atoms with Crippen LogP contribution in [0.1, 0.15) is 15.9 Å². The van der Waals surface area contributed by atoms with Crippen molar-refractivity contribution in [3.05, 3.63) is 52.6 Å². The fraction of sp³-hybridized carbons (Fsp3) is 0.133. The van der Waals surface area contributed by atoms with Gasteiger partial charge in [-0.1, -0.05) is 0 Å². The molecule has 0 saturated heterocycles. The predicted molar refractivity (Wildman–Crippen MR) is 67.9 cm³/mol. The van der Waals surface area contributed by atoms with Crippen LogP contribution >= 0.6 is 0 Å². The van der Waals surface area contributed by atoms with Crippen LogP contribution in [0.15, 0.2) is 18.2 Å². The Morgan fingerprint density at radius 2 is 1.73 bits per heavy atom. The molecule has 2 aromatic carbocycles. The van der Waals surface area contributed by atoms with Gasteiger partial charge in [0.1, 0.15) is 29.0 Å². The van der Waals surface area contributed by atoms with Crippen LogP contribution in [-0.2, 0) is 6.42 Å². The van der Waals surface area contributed by atoms with Gasteiger partial charge >= 0.3 is 5.97 Å². The van der Waals surface area contributed by atoms with E-state index < -0.39 is 45.9 Å². The normalized spacial score (nSPS) is 12.9. The molecule has 0 fully saturated rings. The molecule has 1 heterocycles. The van der Waals surface area contributed by atoms with Crippen molar-refractivity contribution in [2.75, 3.05) is 6.61 Å². The van der Waals surface area contributed by atoms with Crippen LogP contribution in [0, 0.1) is 23.3 Å². The molecule has 2 aromatic rings. The summed E-state index contributed by atoms with van der Waals surface area (Å²) in [6, 6.07) is 2.19. The van der Waals surface area contributed by atoms with Gasteiger partial charge in [-0.05, 0) is 12.1 Å². The lowest BCUT2D eigenvalue weighted by atomic mass is 9.97. The van der Waals surface area contributed by atoms with Crippen molar-refractivity contribution >= 4 is 5.97 Å². The first-order valence-corrected chi connectivity index (χ1v) is 6.27. The fourth-order valence-corrected chi connectivity index (χ4v) is 2.44. The molecule has 0 saturated carbocycles. The van der Waals surface area contributed by atoms with Crippen LogP contribution in [0.5, 0.6) is 5.75 Å². The highest BCUT2D eigenvalue weighted by Crippen LogP contribution is 2.39. The molecule has 22 heavy (non-hydrogen) atoms. The van der Waals surface area contributed by atoms with E-state index in [0.29, 0.717) is 12.1 Å². The minimum absolute atomic E-state index is 0.0101. The maximum absolute atomic E-state index is 14.4. The lowest BCUT2D eigenvalue weighted by Crippen LogP contribution is -2.06. The van der Waals surface area contributed by atoms with Crippen LogP contribution in [0.25, 0.3) is 11.1 Å². The van der Waals surface area contributed by atoms with E-state index in [4.69, 9.17) is 9.84 Å². The number of aromatic carboxylic acids is 1. The van der Waals surface area contributed by atoms with Gasteiger partial charge in [0.25, 0.3) is 0 Å². The van der Waals surface area contributed by atoms with Crippen molar-refractivity contribution < 1.29 is 32.2 Å². The topological polar surface area (TPSA) is 46.5 Å². The summed E-state index contributed by atoms with van der Waals surface area (Å²) in [5.41, 5.74) is -2.82. The summed E-state index contributed by atoms with van der Waals surface area (Å²) in [5.74, 6) is -6.83. The smallest absolute Gasteiger partial charge is 0.338 e. The van der Waals surface area contributed by atoms with Crippen LogP contribution in [0.3, 0.4) is 0 Å². The maximum atomic E-state index is 14.4. The second-order valence-electron chi connectivity index (χ2n) is 4.71. The summed E-state index contributed by atoms with van der Waals surface area (Å²) in [7, 11) is 0. The number of carboxylic acid groups (broad SMARTS) is 1. The zero-order valence-electron chi connectivity index (χ0n) is 10.9. The molecule has 0 radical (unpaired) electrons. The van der Waals surface area contributed by atoms with Gasteiger partial charge in [-0.3, -0.25) is 0 Å². The molecule has 1 aliphatic rings. The predicted octanol–water partition coefficient (Wildman–Crippen LogP) is 3.54. The summed E-state index contributed by atoms with van der Waals surface area (Å²) in [4.78, 5) is 10.9. The molecule has 1 N–H and O–H groups in total. The van der Waals surface area contributed by atoms with E-state index in [0.717, 1.165) is 6.07 Å². The zero-order chi connectivity index (χ0) is 16.0. The van der Waals surface area contributed by atoms with Crippen molar-refractivity contribution in [2.24, 2.45) is 0 Å². The fourth-order valence-electron chi connectivity index (χ4n) is 2.44. The second-order valence-corrected chi connectivity index (χ2v) is 4.71. The monoisotopic (exact) mass is 312 g/mol. The summed E-state index contributed by atoms with van der Waals surface area (Å²) < 4.78 is 61.6. The quantitative estimate of drug-likeness (QED) is 0.863. The van der Waals surface area contributed by atoms with E-state index in [1.807, 2.05) is 0 Å². The van der Waals surface area contributed by atoms with Gasteiger partial charge in [-0.2, -0.15) is 0 Å². The second kappa shape index (κ2) is 5.01. The lowest BCUT2D eigenvalue weighted by molar-refractivity contribution is 0.0692. The molecule has 0 amide bonds. The summed E-state index contributed by atoms with van der Waals surface area (Å²) >= 11 is 0. The summed E-state index contributed by atoms with van der Waals surface area (Å²) in [5, 5.41) is 8.85. The number of halogens is 4. The highest BCUT2D eigenvalue weighted by molar-refractivity contribution is 5.90. The minimum Gasteiger partial charge on any atom is -0.493 e. The summed E-state index contributed by atoms with van der Waals surface area (Å²) in [6.45, 7) is 0.134. The lowest BCUT2D eigenvalue weighted by Gasteiger charge is -2.12. The molecule has 0 aromatic heterocycles. The first-order chi connectivity index (χ1) is 10.4. The third kappa shape index (κ3) is 2.01. The van der Waals surface area contributed by atoms with Crippen molar-refractivity contribution in [1.29, 1.82) is 0 Å². The molecular weight excluding hydrogens is 304 g/mol. The van der Waals surface area contributed by atoms with Gasteiger partial charge in [-0.15, -0.1) is 0 Å². The third-order valence-corrected chi connectivity index (χ3v) is 3.46. The largest absolute Gasteiger partial charge is 0.493 e. The van der Waals surface area contributed by atoms with Gasteiger partial charge < -0.3 is 9.84 Å². The standard InChI is InChI=1S/C15H8F4O3/c16-8-2-1-7(15(20)21)14(19)11(8)12-9(17)5-10-6(13(12)18)3-4-22-10/h1-2,5H,3-4H2,(H,20,21). The molecule has 7 heteroatoms. The van der Waals surface area contributed by atoms with Crippen LogP contribution in [0.2, 0.25) is 0 Å². The Morgan fingerprint density at radius 1 is 1.05 bits per heavy atom. The highest BCUT2D eigenvalue weighted by Gasteiger charge is 2.29. The first-order valence-electron chi connectivity index (χ1n) is 6.27. The molecular formula is C15H8F4O3. The molecule has 0 unspecified atom stereocenters. The van der Waals surface area contributed by atoms with E-state index in [-0.39, 0.29) is 24.3 Å². The number of benzene rings is 2. The number of carbonyl (C=O) groups is 1. The Labute approximate surface area is 121 Å². The summed E-state index contributed by atoms with van der Waals surface area (Å²) in [6.07, 6.45) is 0.135. The van der Waals surface area contributed by atoms with Crippen molar-refractivity contribution in [3.8, 4) is 16.9 Å². The molecule has 0 bridgehead atoms. The number of fused-ring (bicyclic) bond motifs is 1. The molecule has 3 nitrogen and oxygen atoms in total. The van der Waals surface area contributed by atoms with Gasteiger partial charge in [-0.25, -0.2) is 22.4 Å². The van der Waals surface area contributed by atoms with E-state index in [1.54, 1.807) is 0 Å². The van der Waals surface area contributed by atoms with Gasteiger partial charge in [0.2, 0.25) is 0 Å². The first kappa shape index (κ1) is 14.4. The molecule has 0 atom stereocenters. The van der Waals surface area contributed by atoms with E-state index in [2.05, 4.69) is 0 Å². The number of ether oxygens (including phenoxy) is 1. The molecule has 1 aliphatic heterocycles. The number of carboxylic acids is 1. The van der Waals surface area contributed by atoms with Crippen molar-refractivity contribution in [1.82, 2.24) is 0 Å². The molecule has 3 rings (SSSR count). The van der Waals surface area contributed by atoms with Gasteiger partial charge in [0, 0.05) is 18.1 Å². The Balaban J connectivity index is 2.34. The average Bonchev–Trinajstić information content (AvgIpc) is 2.90. The number of rotatable bonds is 2. The Morgan fingerprint density at radius 3 is 2.41 bits per heavy atom. The minimum atomic E-state index is -1.66. The number of hydrogen-bond acceptors (Lipinski definition) is 2. The van der Waals surface area contributed by atoms with E-state index >= 15 is 0 Å². The molecule has 114 valence electrons. The van der Waals surface area contributed by atoms with E-state index in [1.165, 1.54) is 0 Å². The molecule has 0 aliphatic carbocycles. The Hall–Kier alpha value is -2.57. The van der Waals surface area contributed by atoms with Gasteiger partial charge in [0.05, 0.1) is 23.3 Å². The maximum Gasteiger partial charge on any atom is 0.338 e.